The van der Waals surface area contributed by atoms with Crippen LogP contribution in [0.15, 0.2) is 0 Å². The molecule has 0 saturated carbocycles. The predicted octanol–water partition coefficient (Wildman–Crippen LogP) is -1.12. The highest BCUT2D eigenvalue weighted by atomic mass is 16.7. The van der Waals surface area contributed by atoms with Crippen LogP contribution in [-0.4, -0.2) is 17.9 Å². The molecule has 6 nitrogen and oxygen atoms in total. The first-order valence-electron chi connectivity index (χ1n) is 2.67. The van der Waals surface area contributed by atoms with E-state index >= 15 is 0 Å². The molecule has 0 saturated heterocycles. The van der Waals surface area contributed by atoms with Gasteiger partial charge in [0.15, 0.2) is 0 Å². The maximum absolute atomic E-state index is 10.4. The van der Waals surface area contributed by atoms with E-state index in [1.54, 1.807) is 0 Å². The second kappa shape index (κ2) is 4.40. The molecule has 0 fully saturated rings. The van der Waals surface area contributed by atoms with Crippen LogP contribution in [0.25, 0.3) is 0 Å². The van der Waals surface area contributed by atoms with Crippen molar-refractivity contribution in [3.8, 4) is 0 Å². The van der Waals surface area contributed by atoms with Crippen molar-refractivity contribution in [2.45, 2.75) is 13.3 Å². The topological polar surface area (TPSA) is 95.7 Å². The van der Waals surface area contributed by atoms with E-state index in [-0.39, 0.29) is 0 Å². The molecule has 0 amide bonds. The highest BCUT2D eigenvalue weighted by molar-refractivity contribution is 5.95. The van der Waals surface area contributed by atoms with Gasteiger partial charge in [-0.15, -0.1) is 0 Å². The number of hydrogen-bond donors (Lipinski definition) is 1. The monoisotopic (exact) mass is 161 g/mol. The number of nitrogens with two attached hydrogens (primary N) is 1. The zero-order valence-corrected chi connectivity index (χ0v) is 5.83. The third kappa shape index (κ3) is 5.04. The van der Waals surface area contributed by atoms with E-state index in [1.807, 2.05) is 0 Å². The number of carbonyl (C=O) groups excluding carboxylic acids is 3. The summed E-state index contributed by atoms with van der Waals surface area (Å²) in [5.41, 5.74) is 0. The fourth-order valence-electron chi connectivity index (χ4n) is 0.356. The van der Waals surface area contributed by atoms with Gasteiger partial charge in [0.05, 0.1) is 0 Å². The summed E-state index contributed by atoms with van der Waals surface area (Å²) in [5.74, 6) is 1.70. The number of esters is 2. The molecule has 0 heterocycles. The normalized spacial score (nSPS) is 8.55. The third-order valence-electron chi connectivity index (χ3n) is 0.678. The molecule has 0 aromatic heterocycles. The molecule has 2 N–H and O–H groups in total. The van der Waals surface area contributed by atoms with E-state index in [4.69, 9.17) is 0 Å². The summed E-state index contributed by atoms with van der Waals surface area (Å²) in [6, 6.07) is 0. The van der Waals surface area contributed by atoms with E-state index in [1.165, 1.54) is 0 Å². The second-order valence-electron chi connectivity index (χ2n) is 1.63. The fraction of sp³-hybridized carbons (Fsp3) is 0.400. The van der Waals surface area contributed by atoms with Crippen LogP contribution < -0.4 is 5.90 Å². The van der Waals surface area contributed by atoms with Crippen molar-refractivity contribution < 1.29 is 24.0 Å². The lowest BCUT2D eigenvalue weighted by atomic mass is 10.4. The van der Waals surface area contributed by atoms with Crippen LogP contribution in [0, 0.1) is 0 Å². The van der Waals surface area contributed by atoms with Crippen LogP contribution >= 0.6 is 0 Å². The Morgan fingerprint density at radius 3 is 2.18 bits per heavy atom. The standard InChI is InChI=1S/C5H7NO5/c1-3(7)10-4(8)2-5(9)11-6/h2,6H2,1H3. The molecule has 0 aromatic rings. The van der Waals surface area contributed by atoms with Gasteiger partial charge in [0, 0.05) is 6.92 Å². The third-order valence-corrected chi connectivity index (χ3v) is 0.678. The summed E-state index contributed by atoms with van der Waals surface area (Å²) in [7, 11) is 0. The molecule has 0 aliphatic carbocycles. The molecule has 62 valence electrons. The molecule has 0 atom stereocenters. The summed E-state index contributed by atoms with van der Waals surface area (Å²) in [5, 5.41) is 0. The molecule has 0 aromatic carbocycles. The summed E-state index contributed by atoms with van der Waals surface area (Å²) in [6.07, 6.45) is -0.657. The van der Waals surface area contributed by atoms with Crippen LogP contribution in [0.5, 0.6) is 0 Å². The van der Waals surface area contributed by atoms with E-state index in [0.29, 0.717) is 0 Å². The molecular formula is C5H7NO5. The maximum atomic E-state index is 10.4. The number of hydrogen-bond acceptors (Lipinski definition) is 6. The van der Waals surface area contributed by atoms with Crippen molar-refractivity contribution in [2.24, 2.45) is 5.90 Å². The minimum absolute atomic E-state index is 0.657. The van der Waals surface area contributed by atoms with Crippen LogP contribution in [-0.2, 0) is 24.0 Å². The summed E-state index contributed by atoms with van der Waals surface area (Å²) in [6.45, 7) is 1.05. The van der Waals surface area contributed by atoms with Crippen LogP contribution in [0.4, 0.5) is 0 Å². The zero-order valence-electron chi connectivity index (χ0n) is 5.83. The molecule has 0 aliphatic heterocycles. The highest BCUT2D eigenvalue weighted by Crippen LogP contribution is 1.88. The first-order valence-corrected chi connectivity index (χ1v) is 2.67. The van der Waals surface area contributed by atoms with E-state index in [0.717, 1.165) is 6.92 Å². The van der Waals surface area contributed by atoms with Gasteiger partial charge in [-0.3, -0.25) is 9.59 Å². The number of carbonyl (C=O) groups is 3. The van der Waals surface area contributed by atoms with Crippen LogP contribution in [0.2, 0.25) is 0 Å². The molecule has 0 rings (SSSR count). The minimum Gasteiger partial charge on any atom is -0.393 e. The molecule has 0 aliphatic rings. The number of rotatable bonds is 2. The van der Waals surface area contributed by atoms with Crippen molar-refractivity contribution >= 4 is 17.9 Å². The first-order chi connectivity index (χ1) is 5.06. The molecule has 0 spiro atoms. The van der Waals surface area contributed by atoms with E-state index in [9.17, 15) is 14.4 Å². The Morgan fingerprint density at radius 1 is 1.27 bits per heavy atom. The zero-order chi connectivity index (χ0) is 8.85. The minimum atomic E-state index is -0.979. The van der Waals surface area contributed by atoms with Gasteiger partial charge in [0.25, 0.3) is 0 Å². The molecule has 0 radical (unpaired) electrons. The molecule has 0 bridgehead atoms. The maximum Gasteiger partial charge on any atom is 0.335 e. The predicted molar refractivity (Wildman–Crippen MR) is 31.7 cm³/mol. The molecule has 0 unspecified atom stereocenters. The Labute approximate surface area is 62.2 Å². The molecular weight excluding hydrogens is 154 g/mol. The average Bonchev–Trinajstić information content (AvgIpc) is 1.85. The lowest BCUT2D eigenvalue weighted by Crippen LogP contribution is -2.18. The van der Waals surface area contributed by atoms with Gasteiger partial charge in [-0.25, -0.2) is 4.79 Å². The van der Waals surface area contributed by atoms with Gasteiger partial charge in [0.1, 0.15) is 6.42 Å². The van der Waals surface area contributed by atoms with Gasteiger partial charge in [-0.2, -0.15) is 5.90 Å². The first kappa shape index (κ1) is 9.57. The Balaban J connectivity index is 3.70. The van der Waals surface area contributed by atoms with Gasteiger partial charge < -0.3 is 9.57 Å². The Morgan fingerprint density at radius 2 is 1.82 bits per heavy atom. The largest absolute Gasteiger partial charge is 0.393 e. The average molecular weight is 161 g/mol. The Kier molecular flexibility index (Phi) is 3.82. The SMILES string of the molecule is CC(=O)OC(=O)CC(=O)ON. The van der Waals surface area contributed by atoms with Gasteiger partial charge in [-0.05, 0) is 0 Å². The lowest BCUT2D eigenvalue weighted by molar-refractivity contribution is -0.161. The number of ether oxygens (including phenoxy) is 1. The van der Waals surface area contributed by atoms with Crippen molar-refractivity contribution in [3.05, 3.63) is 0 Å². The Hall–Kier alpha value is -1.43. The van der Waals surface area contributed by atoms with Gasteiger partial charge in [0.2, 0.25) is 0 Å². The summed E-state index contributed by atoms with van der Waals surface area (Å²) in [4.78, 5) is 34.4. The quantitative estimate of drug-likeness (QED) is 0.313. The second-order valence-corrected chi connectivity index (χ2v) is 1.63. The Bertz CT molecular complexity index is 187. The highest BCUT2D eigenvalue weighted by Gasteiger charge is 2.12. The smallest absolute Gasteiger partial charge is 0.335 e. The summed E-state index contributed by atoms with van der Waals surface area (Å²) < 4.78 is 3.99. The van der Waals surface area contributed by atoms with Gasteiger partial charge >= 0.3 is 17.9 Å². The van der Waals surface area contributed by atoms with Gasteiger partial charge in [-0.1, -0.05) is 0 Å². The lowest BCUT2D eigenvalue weighted by Gasteiger charge is -1.96. The molecule has 11 heavy (non-hydrogen) atoms. The van der Waals surface area contributed by atoms with E-state index in [2.05, 4.69) is 15.5 Å². The summed E-state index contributed by atoms with van der Waals surface area (Å²) >= 11 is 0. The fourth-order valence-corrected chi connectivity index (χ4v) is 0.356. The van der Waals surface area contributed by atoms with Crippen LogP contribution in [0.3, 0.4) is 0 Å². The molecule has 6 heteroatoms. The van der Waals surface area contributed by atoms with Crippen LogP contribution in [0.1, 0.15) is 13.3 Å². The van der Waals surface area contributed by atoms with Crippen molar-refractivity contribution in [1.29, 1.82) is 0 Å². The van der Waals surface area contributed by atoms with E-state index < -0.39 is 24.3 Å². The van der Waals surface area contributed by atoms with Crippen molar-refractivity contribution in [2.75, 3.05) is 0 Å². The van der Waals surface area contributed by atoms with Crippen molar-refractivity contribution in [3.63, 3.8) is 0 Å². The van der Waals surface area contributed by atoms with Crippen molar-refractivity contribution in [1.82, 2.24) is 0 Å².